The van der Waals surface area contributed by atoms with Crippen molar-refractivity contribution in [3.63, 3.8) is 0 Å². The van der Waals surface area contributed by atoms with Gasteiger partial charge in [0.05, 0.1) is 5.71 Å². The number of allylic oxidation sites excluding steroid dienone is 5. The van der Waals surface area contributed by atoms with Crippen LogP contribution in [0.3, 0.4) is 0 Å². The summed E-state index contributed by atoms with van der Waals surface area (Å²) in [6.45, 7) is 12.5. The third kappa shape index (κ3) is 3.72. The number of aliphatic imine (C=N–C) groups is 1. The average molecular weight is 271 g/mol. The van der Waals surface area contributed by atoms with Crippen molar-refractivity contribution in [3.8, 4) is 0 Å². The molecule has 0 aromatic carbocycles. The van der Waals surface area contributed by atoms with Gasteiger partial charge in [-0.25, -0.2) is 0 Å². The van der Waals surface area contributed by atoms with E-state index in [2.05, 4.69) is 44.1 Å². The lowest BCUT2D eigenvalue weighted by atomic mass is 9.82. The van der Waals surface area contributed by atoms with Gasteiger partial charge in [-0.3, -0.25) is 9.79 Å². The van der Waals surface area contributed by atoms with E-state index >= 15 is 0 Å². The van der Waals surface area contributed by atoms with Gasteiger partial charge in [-0.2, -0.15) is 4.79 Å². The molecule has 0 radical (unpaired) electrons. The van der Waals surface area contributed by atoms with E-state index in [4.69, 9.17) is 5.53 Å². The van der Waals surface area contributed by atoms with Crippen molar-refractivity contribution in [2.75, 3.05) is 6.54 Å². The van der Waals surface area contributed by atoms with Crippen LogP contribution in [0.2, 0.25) is 0 Å². The van der Waals surface area contributed by atoms with E-state index in [1.165, 1.54) is 0 Å². The SMILES string of the molecule is C=C1C=C(C(C)C)C(=NCC(C=O)=[N+]=[N-])C(C(C)C)=C1. The Bertz CT molecular complexity index is 526. The van der Waals surface area contributed by atoms with Crippen LogP contribution in [0, 0.1) is 11.8 Å². The minimum Gasteiger partial charge on any atom is -0.361 e. The molecule has 0 aromatic heterocycles. The highest BCUT2D eigenvalue weighted by molar-refractivity contribution is 6.27. The van der Waals surface area contributed by atoms with Crippen LogP contribution in [0.5, 0.6) is 0 Å². The second-order valence-electron chi connectivity index (χ2n) is 5.46. The maximum Gasteiger partial charge on any atom is 0.352 e. The molecule has 0 unspecified atom stereocenters. The first-order valence-electron chi connectivity index (χ1n) is 6.74. The molecule has 1 aliphatic rings. The van der Waals surface area contributed by atoms with Gasteiger partial charge < -0.3 is 5.53 Å². The first-order valence-corrected chi connectivity index (χ1v) is 6.74. The van der Waals surface area contributed by atoms with Crippen molar-refractivity contribution in [1.29, 1.82) is 0 Å². The number of hydrogen-bond acceptors (Lipinski definition) is 2. The lowest BCUT2D eigenvalue weighted by Gasteiger charge is -2.24. The molecular formula is C16H21N3O. The number of hydrogen-bond donors (Lipinski definition) is 0. The summed E-state index contributed by atoms with van der Waals surface area (Å²) < 4.78 is 0. The highest BCUT2D eigenvalue weighted by Crippen LogP contribution is 2.28. The first kappa shape index (κ1) is 16.0. The van der Waals surface area contributed by atoms with Crippen molar-refractivity contribution in [3.05, 3.63) is 41.0 Å². The molecule has 0 saturated carbocycles. The van der Waals surface area contributed by atoms with E-state index < -0.39 is 0 Å². The van der Waals surface area contributed by atoms with Crippen LogP contribution >= 0.6 is 0 Å². The monoisotopic (exact) mass is 271 g/mol. The molecule has 0 aromatic rings. The van der Waals surface area contributed by atoms with E-state index in [0.717, 1.165) is 22.4 Å². The Balaban J connectivity index is 3.26. The van der Waals surface area contributed by atoms with Gasteiger partial charge in [0.1, 0.15) is 6.54 Å². The third-order valence-corrected chi connectivity index (χ3v) is 3.14. The van der Waals surface area contributed by atoms with Crippen LogP contribution in [0.4, 0.5) is 0 Å². The summed E-state index contributed by atoms with van der Waals surface area (Å²) in [6.07, 6.45) is 4.56. The van der Waals surface area contributed by atoms with Gasteiger partial charge in [-0.15, -0.1) is 0 Å². The van der Waals surface area contributed by atoms with E-state index in [9.17, 15) is 4.79 Å². The van der Waals surface area contributed by atoms with Crippen LogP contribution in [-0.4, -0.2) is 29.0 Å². The largest absolute Gasteiger partial charge is 0.361 e. The van der Waals surface area contributed by atoms with Crippen molar-refractivity contribution in [1.82, 2.24) is 0 Å². The summed E-state index contributed by atoms with van der Waals surface area (Å²) in [5, 5.41) is 0. The second kappa shape index (κ2) is 6.92. The highest BCUT2D eigenvalue weighted by Gasteiger charge is 2.22. The van der Waals surface area contributed by atoms with Gasteiger partial charge in [0.15, 0.2) is 0 Å². The molecule has 0 spiro atoms. The molecule has 0 aliphatic heterocycles. The fourth-order valence-corrected chi connectivity index (χ4v) is 2.06. The van der Waals surface area contributed by atoms with Crippen molar-refractivity contribution in [2.24, 2.45) is 16.8 Å². The maximum atomic E-state index is 10.7. The molecule has 0 fully saturated rings. The molecule has 4 heteroatoms. The summed E-state index contributed by atoms with van der Waals surface area (Å²) in [4.78, 5) is 18.1. The standard InChI is InChI=1S/C16H21N3O/c1-10(2)14-6-12(5)7-15(11(3)4)16(14)18-8-13(9-20)19-17/h6-7,9-11H,5,8H2,1-4H3. The van der Waals surface area contributed by atoms with Crippen LogP contribution in [0.15, 0.2) is 40.4 Å². The lowest BCUT2D eigenvalue weighted by Crippen LogP contribution is -2.20. The predicted molar refractivity (Wildman–Crippen MR) is 82.0 cm³/mol. The van der Waals surface area contributed by atoms with Crippen LogP contribution in [-0.2, 0) is 4.79 Å². The molecule has 4 nitrogen and oxygen atoms in total. The molecule has 0 bridgehead atoms. The van der Waals surface area contributed by atoms with Gasteiger partial charge in [-0.05, 0) is 40.7 Å². The molecule has 0 N–H and O–H groups in total. The number of carbonyl (C=O) groups is 1. The Morgan fingerprint density at radius 2 is 1.80 bits per heavy atom. The van der Waals surface area contributed by atoms with Crippen molar-refractivity contribution in [2.45, 2.75) is 27.7 Å². The lowest BCUT2D eigenvalue weighted by molar-refractivity contribution is -0.106. The topological polar surface area (TPSA) is 65.8 Å². The van der Waals surface area contributed by atoms with E-state index in [0.29, 0.717) is 18.1 Å². The zero-order valence-electron chi connectivity index (χ0n) is 12.6. The molecule has 0 heterocycles. The molecular weight excluding hydrogens is 250 g/mol. The molecule has 20 heavy (non-hydrogen) atoms. The summed E-state index contributed by atoms with van der Waals surface area (Å²) in [6, 6.07) is 0. The van der Waals surface area contributed by atoms with Crippen LogP contribution < -0.4 is 0 Å². The first-order chi connectivity index (χ1) is 9.40. The van der Waals surface area contributed by atoms with E-state index in [1.807, 2.05) is 12.2 Å². The number of aldehydes is 1. The zero-order chi connectivity index (χ0) is 15.3. The Hall–Kier alpha value is -2.06. The molecule has 106 valence electrons. The van der Waals surface area contributed by atoms with Crippen LogP contribution in [0.25, 0.3) is 5.53 Å². The summed E-state index contributed by atoms with van der Waals surface area (Å²) >= 11 is 0. The predicted octanol–water partition coefficient (Wildman–Crippen LogP) is 3.03. The van der Waals surface area contributed by atoms with Gasteiger partial charge in [-0.1, -0.05) is 34.3 Å². The number of carbonyl (C=O) groups excluding carboxylic acids is 1. The number of rotatable bonds is 5. The Morgan fingerprint density at radius 1 is 1.30 bits per heavy atom. The summed E-state index contributed by atoms with van der Waals surface area (Å²) in [7, 11) is 0. The molecule has 1 rings (SSSR count). The number of nitrogens with zero attached hydrogens (tertiary/aromatic N) is 3. The minimum atomic E-state index is 0.0214. The Kier molecular flexibility index (Phi) is 5.53. The molecule has 0 amide bonds. The minimum absolute atomic E-state index is 0.0214. The average Bonchev–Trinajstić information content (AvgIpc) is 2.40. The second-order valence-corrected chi connectivity index (χ2v) is 5.46. The van der Waals surface area contributed by atoms with Gasteiger partial charge in [0.25, 0.3) is 0 Å². The van der Waals surface area contributed by atoms with Crippen molar-refractivity contribution < 1.29 is 9.58 Å². The van der Waals surface area contributed by atoms with Gasteiger partial charge in [0.2, 0.25) is 6.29 Å². The van der Waals surface area contributed by atoms with Gasteiger partial charge in [0, 0.05) is 0 Å². The smallest absolute Gasteiger partial charge is 0.352 e. The zero-order valence-corrected chi connectivity index (χ0v) is 12.6. The fraction of sp³-hybridized carbons (Fsp3) is 0.438. The van der Waals surface area contributed by atoms with E-state index in [-0.39, 0.29) is 12.3 Å². The van der Waals surface area contributed by atoms with Crippen LogP contribution in [0.1, 0.15) is 27.7 Å². The molecule has 0 saturated heterocycles. The molecule has 0 atom stereocenters. The Labute approximate surface area is 120 Å². The van der Waals surface area contributed by atoms with Gasteiger partial charge >= 0.3 is 5.71 Å². The molecule has 1 aliphatic carbocycles. The van der Waals surface area contributed by atoms with E-state index in [1.54, 1.807) is 0 Å². The van der Waals surface area contributed by atoms with Crippen molar-refractivity contribution >= 4 is 17.7 Å². The normalized spacial score (nSPS) is 14.9. The summed E-state index contributed by atoms with van der Waals surface area (Å²) in [5.74, 6) is 0.609. The Morgan fingerprint density at radius 3 is 2.15 bits per heavy atom. The fourth-order valence-electron chi connectivity index (χ4n) is 2.06. The third-order valence-electron chi connectivity index (χ3n) is 3.14. The highest BCUT2D eigenvalue weighted by atomic mass is 16.1. The summed E-state index contributed by atoms with van der Waals surface area (Å²) in [5.41, 5.74) is 12.8. The quantitative estimate of drug-likeness (QED) is 0.328. The maximum absolute atomic E-state index is 10.7.